The second kappa shape index (κ2) is 7.46. The molecule has 0 saturated heterocycles. The van der Waals surface area contributed by atoms with Crippen molar-refractivity contribution in [1.29, 1.82) is 0 Å². The van der Waals surface area contributed by atoms with Crippen LogP contribution in [0, 0.1) is 6.92 Å². The lowest BCUT2D eigenvalue weighted by Gasteiger charge is -2.24. The van der Waals surface area contributed by atoms with E-state index in [0.717, 1.165) is 30.1 Å². The van der Waals surface area contributed by atoms with Gasteiger partial charge in [-0.3, -0.25) is 4.68 Å². The molecule has 0 aliphatic heterocycles. The highest BCUT2D eigenvalue weighted by atomic mass is 32.1. The highest BCUT2D eigenvalue weighted by Gasteiger charge is 2.29. The van der Waals surface area contributed by atoms with Crippen molar-refractivity contribution < 1.29 is 4.42 Å². The minimum absolute atomic E-state index is 0.0135. The van der Waals surface area contributed by atoms with Gasteiger partial charge in [0, 0.05) is 33.9 Å². The summed E-state index contributed by atoms with van der Waals surface area (Å²) in [6.07, 6.45) is 1.96. The molecule has 0 aromatic carbocycles. The van der Waals surface area contributed by atoms with Crippen LogP contribution >= 0.6 is 11.3 Å². The van der Waals surface area contributed by atoms with Gasteiger partial charge in [-0.25, -0.2) is 0 Å². The average molecular weight is 413 g/mol. The molecule has 0 atom stereocenters. The number of nitrogens with zero attached hydrogens (tertiary/aromatic N) is 2. The first-order valence-electron chi connectivity index (χ1n) is 10.5. The summed E-state index contributed by atoms with van der Waals surface area (Å²) >= 11 is 1.87. The maximum absolute atomic E-state index is 5.91. The molecule has 3 aromatic heterocycles. The van der Waals surface area contributed by atoms with Gasteiger partial charge in [0.15, 0.2) is 0 Å². The zero-order valence-electron chi connectivity index (χ0n) is 19.5. The van der Waals surface area contributed by atoms with E-state index < -0.39 is 0 Å². The number of aromatic nitrogens is 2. The number of hydrogen-bond donors (Lipinski definition) is 0. The second-order valence-corrected chi connectivity index (χ2v) is 11.7. The van der Waals surface area contributed by atoms with Gasteiger partial charge in [-0.05, 0) is 55.0 Å². The van der Waals surface area contributed by atoms with E-state index in [9.17, 15) is 0 Å². The maximum atomic E-state index is 5.91. The molecule has 3 heterocycles. The summed E-state index contributed by atoms with van der Waals surface area (Å²) in [5.41, 5.74) is 3.97. The van der Waals surface area contributed by atoms with Crippen LogP contribution in [0.5, 0.6) is 0 Å². The Morgan fingerprint density at radius 1 is 0.966 bits per heavy atom. The monoisotopic (exact) mass is 412 g/mol. The van der Waals surface area contributed by atoms with E-state index in [0.29, 0.717) is 0 Å². The Morgan fingerprint density at radius 2 is 1.66 bits per heavy atom. The standard InChI is InChI=1S/C25H36N2OS/c1-17-10-11-21(28-17)24(5,6)14-18-12-22(29-16-18)25(7,8)15-19-13-20(23(2,3)4)26-27(19)9/h10-13,16H,14-15H2,1-9H3. The number of hydrogen-bond acceptors (Lipinski definition) is 3. The molecule has 0 spiro atoms. The molecule has 0 radical (unpaired) electrons. The second-order valence-electron chi connectivity index (χ2n) is 10.7. The molecule has 0 unspecified atom stereocenters. The summed E-state index contributed by atoms with van der Waals surface area (Å²) in [6, 6.07) is 8.84. The fraction of sp³-hybridized carbons (Fsp3) is 0.560. The van der Waals surface area contributed by atoms with Gasteiger partial charge in [0.05, 0.1) is 5.69 Å². The van der Waals surface area contributed by atoms with E-state index in [1.165, 1.54) is 16.1 Å². The quantitative estimate of drug-likeness (QED) is 0.450. The molecule has 0 N–H and O–H groups in total. The first-order valence-corrected chi connectivity index (χ1v) is 11.3. The summed E-state index contributed by atoms with van der Waals surface area (Å²) in [4.78, 5) is 1.43. The van der Waals surface area contributed by atoms with E-state index in [1.54, 1.807) is 0 Å². The van der Waals surface area contributed by atoms with Gasteiger partial charge in [0.1, 0.15) is 11.5 Å². The lowest BCUT2D eigenvalue weighted by atomic mass is 9.82. The fourth-order valence-electron chi connectivity index (χ4n) is 3.80. The maximum Gasteiger partial charge on any atom is 0.110 e. The Balaban J connectivity index is 1.77. The topological polar surface area (TPSA) is 31.0 Å². The molecule has 3 rings (SSSR count). The zero-order chi connectivity index (χ0) is 21.6. The van der Waals surface area contributed by atoms with E-state index >= 15 is 0 Å². The summed E-state index contributed by atoms with van der Waals surface area (Å²) < 4.78 is 7.96. The van der Waals surface area contributed by atoms with Crippen LogP contribution in [0.15, 0.2) is 34.1 Å². The fourth-order valence-corrected chi connectivity index (χ4v) is 4.84. The van der Waals surface area contributed by atoms with Crippen molar-refractivity contribution in [1.82, 2.24) is 9.78 Å². The number of rotatable bonds is 6. The Labute approximate surface area is 180 Å². The summed E-state index contributed by atoms with van der Waals surface area (Å²) in [5, 5.41) is 7.08. The van der Waals surface area contributed by atoms with Crippen molar-refractivity contribution in [2.75, 3.05) is 0 Å². The third kappa shape index (κ3) is 4.85. The lowest BCUT2D eigenvalue weighted by molar-refractivity contribution is 0.371. The van der Waals surface area contributed by atoms with Gasteiger partial charge < -0.3 is 4.42 Å². The van der Waals surface area contributed by atoms with E-state index in [1.807, 2.05) is 18.3 Å². The van der Waals surface area contributed by atoms with Crippen molar-refractivity contribution >= 4 is 11.3 Å². The van der Waals surface area contributed by atoms with Crippen molar-refractivity contribution in [2.45, 2.75) is 84.5 Å². The predicted molar refractivity (Wildman–Crippen MR) is 123 cm³/mol. The predicted octanol–water partition coefficient (Wildman–Crippen LogP) is 6.72. The van der Waals surface area contributed by atoms with Gasteiger partial charge >= 0.3 is 0 Å². The van der Waals surface area contributed by atoms with Crippen LogP contribution in [0.25, 0.3) is 0 Å². The van der Waals surface area contributed by atoms with Crippen LogP contribution in [0.3, 0.4) is 0 Å². The molecule has 0 fully saturated rings. The van der Waals surface area contributed by atoms with Crippen LogP contribution in [-0.2, 0) is 36.1 Å². The minimum Gasteiger partial charge on any atom is -0.466 e. The normalized spacial score (nSPS) is 13.3. The molecule has 4 heteroatoms. The molecule has 0 aliphatic carbocycles. The van der Waals surface area contributed by atoms with Gasteiger partial charge in [-0.2, -0.15) is 5.10 Å². The van der Waals surface area contributed by atoms with E-state index in [-0.39, 0.29) is 16.2 Å². The molecule has 158 valence electrons. The SMILES string of the molecule is Cc1ccc(C(C)(C)Cc2csc(C(C)(C)Cc3cc(C(C)(C)C)nn3C)c2)o1. The third-order valence-electron chi connectivity index (χ3n) is 5.74. The Bertz CT molecular complexity index is 979. The van der Waals surface area contributed by atoms with Gasteiger partial charge in [0.2, 0.25) is 0 Å². The highest BCUT2D eigenvalue weighted by Crippen LogP contribution is 2.36. The molecule has 29 heavy (non-hydrogen) atoms. The lowest BCUT2D eigenvalue weighted by Crippen LogP contribution is -2.21. The molecule has 0 saturated carbocycles. The molecule has 3 aromatic rings. The van der Waals surface area contributed by atoms with Gasteiger partial charge in [-0.15, -0.1) is 11.3 Å². The first kappa shape index (κ1) is 21.9. The first-order chi connectivity index (χ1) is 13.3. The Morgan fingerprint density at radius 3 is 2.21 bits per heavy atom. The molecular weight excluding hydrogens is 376 g/mol. The molecule has 0 amide bonds. The molecule has 3 nitrogen and oxygen atoms in total. The number of furan rings is 1. The van der Waals surface area contributed by atoms with Gasteiger partial charge in [0.25, 0.3) is 0 Å². The highest BCUT2D eigenvalue weighted by molar-refractivity contribution is 7.10. The van der Waals surface area contributed by atoms with Crippen molar-refractivity contribution in [3.8, 4) is 0 Å². The largest absolute Gasteiger partial charge is 0.466 e. The Kier molecular flexibility index (Phi) is 5.63. The van der Waals surface area contributed by atoms with Crippen LogP contribution in [0.4, 0.5) is 0 Å². The van der Waals surface area contributed by atoms with Crippen LogP contribution in [-0.4, -0.2) is 9.78 Å². The molecule has 0 aliphatic rings. The minimum atomic E-state index is -0.0135. The summed E-state index contributed by atoms with van der Waals surface area (Å²) in [7, 11) is 2.06. The van der Waals surface area contributed by atoms with Crippen molar-refractivity contribution in [2.24, 2.45) is 7.05 Å². The van der Waals surface area contributed by atoms with Crippen molar-refractivity contribution in [3.05, 3.63) is 63.0 Å². The smallest absolute Gasteiger partial charge is 0.110 e. The van der Waals surface area contributed by atoms with E-state index in [2.05, 4.69) is 89.8 Å². The van der Waals surface area contributed by atoms with E-state index in [4.69, 9.17) is 9.52 Å². The third-order valence-corrected chi connectivity index (χ3v) is 7.09. The van der Waals surface area contributed by atoms with Crippen LogP contribution in [0.2, 0.25) is 0 Å². The molecular formula is C25H36N2OS. The van der Waals surface area contributed by atoms with Crippen LogP contribution in [0.1, 0.15) is 81.8 Å². The zero-order valence-corrected chi connectivity index (χ0v) is 20.3. The van der Waals surface area contributed by atoms with Gasteiger partial charge in [-0.1, -0.05) is 48.5 Å². The number of aryl methyl sites for hydroxylation is 2. The van der Waals surface area contributed by atoms with Crippen LogP contribution < -0.4 is 0 Å². The average Bonchev–Trinajstić information content (AvgIpc) is 3.28. The summed E-state index contributed by atoms with van der Waals surface area (Å²) in [6.45, 7) is 17.9. The number of thiophene rings is 1. The Hall–Kier alpha value is -1.81. The summed E-state index contributed by atoms with van der Waals surface area (Å²) in [5.74, 6) is 2.04. The molecule has 0 bridgehead atoms. The van der Waals surface area contributed by atoms with Crippen molar-refractivity contribution in [3.63, 3.8) is 0 Å².